The lowest BCUT2D eigenvalue weighted by atomic mass is 10.1. The number of carbonyl (C=O) groups excluding carboxylic acids is 1. The standard InChI is InChI=1S/C10H19NO2/c1-8(2)13-9(7-12)3-4-10(11)5-6-10/h7-9H,3-6,11H2,1-2H3. The highest BCUT2D eigenvalue weighted by molar-refractivity contribution is 5.55. The third kappa shape index (κ3) is 3.87. The molecule has 0 heterocycles. The predicted molar refractivity (Wildman–Crippen MR) is 51.5 cm³/mol. The molecule has 13 heavy (non-hydrogen) atoms. The number of nitrogens with two attached hydrogens (primary N) is 1. The van der Waals surface area contributed by atoms with E-state index >= 15 is 0 Å². The molecule has 1 aliphatic carbocycles. The van der Waals surface area contributed by atoms with Crippen molar-refractivity contribution in [1.82, 2.24) is 0 Å². The van der Waals surface area contributed by atoms with Gasteiger partial charge in [0.25, 0.3) is 0 Å². The van der Waals surface area contributed by atoms with Crippen molar-refractivity contribution in [2.75, 3.05) is 0 Å². The van der Waals surface area contributed by atoms with Crippen molar-refractivity contribution >= 4 is 6.29 Å². The van der Waals surface area contributed by atoms with E-state index in [1.165, 1.54) is 0 Å². The smallest absolute Gasteiger partial charge is 0.148 e. The average Bonchev–Trinajstić information content (AvgIpc) is 2.77. The van der Waals surface area contributed by atoms with Crippen molar-refractivity contribution in [2.24, 2.45) is 5.73 Å². The molecule has 0 radical (unpaired) electrons. The number of carbonyl (C=O) groups is 1. The quantitative estimate of drug-likeness (QED) is 0.634. The first-order valence-corrected chi connectivity index (χ1v) is 4.95. The van der Waals surface area contributed by atoms with Crippen LogP contribution in [-0.4, -0.2) is 24.0 Å². The lowest BCUT2D eigenvalue weighted by Crippen LogP contribution is -2.26. The first-order chi connectivity index (χ1) is 6.06. The van der Waals surface area contributed by atoms with E-state index in [4.69, 9.17) is 10.5 Å². The summed E-state index contributed by atoms with van der Waals surface area (Å²) in [6.45, 7) is 3.87. The van der Waals surface area contributed by atoms with Crippen LogP contribution in [0.15, 0.2) is 0 Å². The van der Waals surface area contributed by atoms with Gasteiger partial charge in [0.2, 0.25) is 0 Å². The average molecular weight is 185 g/mol. The van der Waals surface area contributed by atoms with E-state index in [2.05, 4.69) is 0 Å². The van der Waals surface area contributed by atoms with Gasteiger partial charge in [0, 0.05) is 5.54 Å². The predicted octanol–water partition coefficient (Wildman–Crippen LogP) is 1.25. The summed E-state index contributed by atoms with van der Waals surface area (Å²) in [5.41, 5.74) is 5.94. The van der Waals surface area contributed by atoms with Gasteiger partial charge in [-0.1, -0.05) is 0 Å². The molecule has 1 rings (SSSR count). The fourth-order valence-corrected chi connectivity index (χ4v) is 1.36. The Hall–Kier alpha value is -0.410. The molecule has 0 spiro atoms. The van der Waals surface area contributed by atoms with Gasteiger partial charge >= 0.3 is 0 Å². The van der Waals surface area contributed by atoms with Crippen molar-refractivity contribution in [3.8, 4) is 0 Å². The molecule has 3 nitrogen and oxygen atoms in total. The van der Waals surface area contributed by atoms with E-state index < -0.39 is 0 Å². The fraction of sp³-hybridized carbons (Fsp3) is 0.900. The van der Waals surface area contributed by atoms with Gasteiger partial charge in [-0.2, -0.15) is 0 Å². The zero-order valence-electron chi connectivity index (χ0n) is 8.45. The molecule has 0 amide bonds. The minimum Gasteiger partial charge on any atom is -0.368 e. The fourth-order valence-electron chi connectivity index (χ4n) is 1.36. The van der Waals surface area contributed by atoms with Crippen LogP contribution >= 0.6 is 0 Å². The van der Waals surface area contributed by atoms with E-state index in [1.54, 1.807) is 0 Å². The van der Waals surface area contributed by atoms with Crippen LogP contribution in [0.4, 0.5) is 0 Å². The summed E-state index contributed by atoms with van der Waals surface area (Å²) in [6.07, 6.45) is 4.59. The molecule has 1 saturated carbocycles. The molecule has 1 unspecified atom stereocenters. The lowest BCUT2D eigenvalue weighted by Gasteiger charge is -2.16. The Labute approximate surface area is 79.6 Å². The molecule has 2 N–H and O–H groups in total. The van der Waals surface area contributed by atoms with Crippen LogP contribution in [0.5, 0.6) is 0 Å². The zero-order chi connectivity index (χ0) is 9.90. The van der Waals surface area contributed by atoms with E-state index in [-0.39, 0.29) is 17.7 Å². The van der Waals surface area contributed by atoms with Crippen LogP contribution in [0, 0.1) is 0 Å². The number of hydrogen-bond acceptors (Lipinski definition) is 3. The molecule has 0 bridgehead atoms. The van der Waals surface area contributed by atoms with Crippen LogP contribution in [0.25, 0.3) is 0 Å². The van der Waals surface area contributed by atoms with Crippen molar-refractivity contribution < 1.29 is 9.53 Å². The van der Waals surface area contributed by atoms with Crippen molar-refractivity contribution in [1.29, 1.82) is 0 Å². The monoisotopic (exact) mass is 185 g/mol. The second-order valence-electron chi connectivity index (χ2n) is 4.26. The Balaban J connectivity index is 2.19. The van der Waals surface area contributed by atoms with Crippen molar-refractivity contribution in [2.45, 2.75) is 57.3 Å². The van der Waals surface area contributed by atoms with Gasteiger partial charge < -0.3 is 15.3 Å². The SMILES string of the molecule is CC(C)OC(C=O)CCC1(N)CC1. The summed E-state index contributed by atoms with van der Waals surface area (Å²) in [5.74, 6) is 0. The highest BCUT2D eigenvalue weighted by Crippen LogP contribution is 2.37. The molecule has 1 fully saturated rings. The molecule has 76 valence electrons. The van der Waals surface area contributed by atoms with E-state index in [0.29, 0.717) is 0 Å². The Morgan fingerprint density at radius 1 is 1.54 bits per heavy atom. The molecule has 3 heteroatoms. The summed E-state index contributed by atoms with van der Waals surface area (Å²) in [5, 5.41) is 0. The molecule has 0 aromatic heterocycles. The number of aldehydes is 1. The van der Waals surface area contributed by atoms with Gasteiger partial charge in [0.05, 0.1) is 6.10 Å². The first kappa shape index (κ1) is 10.7. The van der Waals surface area contributed by atoms with Crippen molar-refractivity contribution in [3.63, 3.8) is 0 Å². The summed E-state index contributed by atoms with van der Waals surface area (Å²) < 4.78 is 5.40. The van der Waals surface area contributed by atoms with E-state index in [1.807, 2.05) is 13.8 Å². The van der Waals surface area contributed by atoms with Crippen LogP contribution in [-0.2, 0) is 9.53 Å². The zero-order valence-corrected chi connectivity index (χ0v) is 8.45. The molecule has 1 aliphatic rings. The van der Waals surface area contributed by atoms with E-state index in [0.717, 1.165) is 32.0 Å². The minimum absolute atomic E-state index is 0.0294. The Bertz CT molecular complexity index is 176. The van der Waals surface area contributed by atoms with Crippen LogP contribution in [0.3, 0.4) is 0 Å². The topological polar surface area (TPSA) is 52.3 Å². The van der Waals surface area contributed by atoms with Crippen LogP contribution < -0.4 is 5.73 Å². The summed E-state index contributed by atoms with van der Waals surface area (Å²) >= 11 is 0. The molecule has 0 aromatic rings. The second kappa shape index (κ2) is 4.20. The summed E-state index contributed by atoms with van der Waals surface area (Å²) in [7, 11) is 0. The number of rotatable bonds is 6. The van der Waals surface area contributed by atoms with Crippen molar-refractivity contribution in [3.05, 3.63) is 0 Å². The minimum atomic E-state index is -0.263. The van der Waals surface area contributed by atoms with Crippen LogP contribution in [0.1, 0.15) is 39.5 Å². The molecule has 1 atom stereocenters. The van der Waals surface area contributed by atoms with Gasteiger partial charge in [0.1, 0.15) is 12.4 Å². The number of hydrogen-bond donors (Lipinski definition) is 1. The Morgan fingerprint density at radius 3 is 2.54 bits per heavy atom. The van der Waals surface area contributed by atoms with Gasteiger partial charge in [-0.3, -0.25) is 0 Å². The second-order valence-corrected chi connectivity index (χ2v) is 4.26. The highest BCUT2D eigenvalue weighted by Gasteiger charge is 2.38. The number of ether oxygens (including phenoxy) is 1. The Morgan fingerprint density at radius 2 is 2.15 bits per heavy atom. The van der Waals surface area contributed by atoms with Gasteiger partial charge in [-0.25, -0.2) is 0 Å². The molecule has 0 aromatic carbocycles. The summed E-state index contributed by atoms with van der Waals surface area (Å²) in [4.78, 5) is 10.6. The normalized spacial score (nSPS) is 21.5. The molecule has 0 saturated heterocycles. The third-order valence-corrected chi connectivity index (χ3v) is 2.42. The van der Waals surface area contributed by atoms with Gasteiger partial charge in [0.15, 0.2) is 0 Å². The maximum Gasteiger partial charge on any atom is 0.148 e. The first-order valence-electron chi connectivity index (χ1n) is 4.95. The summed E-state index contributed by atoms with van der Waals surface area (Å²) in [6, 6.07) is 0. The van der Waals surface area contributed by atoms with Crippen LogP contribution in [0.2, 0.25) is 0 Å². The third-order valence-electron chi connectivity index (χ3n) is 2.42. The molecular formula is C10H19NO2. The Kier molecular flexibility index (Phi) is 3.45. The maximum atomic E-state index is 10.6. The largest absolute Gasteiger partial charge is 0.368 e. The van der Waals surface area contributed by atoms with Gasteiger partial charge in [-0.05, 0) is 39.5 Å². The maximum absolute atomic E-state index is 10.6. The van der Waals surface area contributed by atoms with E-state index in [9.17, 15) is 4.79 Å². The molecular weight excluding hydrogens is 166 g/mol. The lowest BCUT2D eigenvalue weighted by molar-refractivity contribution is -0.121. The highest BCUT2D eigenvalue weighted by atomic mass is 16.5. The van der Waals surface area contributed by atoms with Gasteiger partial charge in [-0.15, -0.1) is 0 Å². The molecule has 0 aliphatic heterocycles.